The van der Waals surface area contributed by atoms with Crippen molar-refractivity contribution in [1.29, 1.82) is 0 Å². The van der Waals surface area contributed by atoms with Crippen molar-refractivity contribution in [2.24, 2.45) is 5.16 Å². The maximum atomic E-state index is 12.0. The van der Waals surface area contributed by atoms with E-state index in [2.05, 4.69) is 16.1 Å². The minimum atomic E-state index is -4.70. The predicted octanol–water partition coefficient (Wildman–Crippen LogP) is 4.67. The summed E-state index contributed by atoms with van der Waals surface area (Å²) in [5, 5.41) is 4.25. The Morgan fingerprint density at radius 2 is 1.64 bits per heavy atom. The molecule has 2 aromatic rings. The molecule has 115 valence electrons. The van der Waals surface area contributed by atoms with E-state index in [9.17, 15) is 13.2 Å². The second-order valence-corrected chi connectivity index (χ2v) is 4.61. The quantitative estimate of drug-likeness (QED) is 0.590. The molecule has 0 aliphatic rings. The van der Waals surface area contributed by atoms with Gasteiger partial charge in [-0.2, -0.15) is 0 Å². The molecule has 0 fully saturated rings. The van der Waals surface area contributed by atoms with Crippen molar-refractivity contribution in [3.05, 3.63) is 64.7 Å². The van der Waals surface area contributed by atoms with Gasteiger partial charge >= 0.3 is 6.36 Å². The molecule has 7 heteroatoms. The molecule has 2 rings (SSSR count). The summed E-state index contributed by atoms with van der Waals surface area (Å²) in [6, 6.07) is 12.2. The number of nitrogens with zero attached hydrogens (tertiary/aromatic N) is 1. The lowest BCUT2D eigenvalue weighted by atomic mass is 10.2. The second kappa shape index (κ2) is 7.17. The Balaban J connectivity index is 1.83. The van der Waals surface area contributed by atoms with Gasteiger partial charge in [0.15, 0.2) is 0 Å². The van der Waals surface area contributed by atoms with Crippen LogP contribution in [0.1, 0.15) is 11.1 Å². The minimum absolute atomic E-state index is 0.104. The lowest BCUT2D eigenvalue weighted by molar-refractivity contribution is -0.274. The first-order valence-corrected chi connectivity index (χ1v) is 6.48. The molecule has 22 heavy (non-hydrogen) atoms. The molecule has 0 saturated carbocycles. The zero-order valence-corrected chi connectivity index (χ0v) is 11.9. The van der Waals surface area contributed by atoms with Gasteiger partial charge < -0.3 is 9.57 Å². The van der Waals surface area contributed by atoms with Crippen LogP contribution in [0.4, 0.5) is 13.2 Å². The summed E-state index contributed by atoms with van der Waals surface area (Å²) in [6.07, 6.45) is -2.04. The first kappa shape index (κ1) is 16.2. The third kappa shape index (κ3) is 5.65. The average Bonchev–Trinajstić information content (AvgIpc) is 2.45. The van der Waals surface area contributed by atoms with E-state index in [-0.39, 0.29) is 12.4 Å². The van der Waals surface area contributed by atoms with E-state index in [1.54, 1.807) is 24.3 Å². The van der Waals surface area contributed by atoms with Crippen molar-refractivity contribution >= 4 is 17.8 Å². The van der Waals surface area contributed by atoms with E-state index in [0.717, 1.165) is 0 Å². The van der Waals surface area contributed by atoms with E-state index >= 15 is 0 Å². The Morgan fingerprint density at radius 3 is 2.23 bits per heavy atom. The van der Waals surface area contributed by atoms with Crippen LogP contribution >= 0.6 is 11.6 Å². The molecule has 1 radical (unpaired) electrons. The summed E-state index contributed by atoms with van der Waals surface area (Å²) in [4.78, 5) is 5.01. The van der Waals surface area contributed by atoms with E-state index in [4.69, 9.17) is 16.4 Å². The molecule has 0 N–H and O–H groups in total. The van der Waals surface area contributed by atoms with Gasteiger partial charge in [-0.3, -0.25) is 0 Å². The fourth-order valence-electron chi connectivity index (χ4n) is 1.50. The zero-order chi connectivity index (χ0) is 16.0. The summed E-state index contributed by atoms with van der Waals surface area (Å²) in [5.41, 5.74) is 1.34. The normalized spacial score (nSPS) is 11.6. The monoisotopic (exact) mass is 328 g/mol. The fraction of sp³-hybridized carbons (Fsp3) is 0.133. The van der Waals surface area contributed by atoms with E-state index < -0.39 is 6.36 Å². The highest BCUT2D eigenvalue weighted by Crippen LogP contribution is 2.22. The molecule has 2 aromatic carbocycles. The second-order valence-electron chi connectivity index (χ2n) is 4.18. The molecular formula is C15H10ClF3NO2. The number of rotatable bonds is 5. The molecule has 3 nitrogen and oxygen atoms in total. The largest absolute Gasteiger partial charge is 0.573 e. The predicted molar refractivity (Wildman–Crippen MR) is 75.9 cm³/mol. The number of halogens is 4. The lowest BCUT2D eigenvalue weighted by Gasteiger charge is -2.08. The molecule has 0 amide bonds. The van der Waals surface area contributed by atoms with Gasteiger partial charge in [0, 0.05) is 10.6 Å². The molecular weight excluding hydrogens is 319 g/mol. The van der Waals surface area contributed by atoms with Crippen molar-refractivity contribution in [1.82, 2.24) is 0 Å². The topological polar surface area (TPSA) is 30.8 Å². The van der Waals surface area contributed by atoms with Gasteiger partial charge in [0.25, 0.3) is 0 Å². The summed E-state index contributed by atoms with van der Waals surface area (Å²) in [7, 11) is 0. The van der Waals surface area contributed by atoms with Gasteiger partial charge in [-0.05, 0) is 29.8 Å². The zero-order valence-electron chi connectivity index (χ0n) is 11.1. The SMILES string of the molecule is FC(F)(F)Oc1ccc(CO/N=[C]\c2ccc(Cl)cc2)cc1. The van der Waals surface area contributed by atoms with E-state index in [1.807, 2.05) is 0 Å². The van der Waals surface area contributed by atoms with Crippen LogP contribution in [0.3, 0.4) is 0 Å². The number of hydrogen-bond acceptors (Lipinski definition) is 3. The third-order valence-corrected chi connectivity index (χ3v) is 2.72. The van der Waals surface area contributed by atoms with Gasteiger partial charge in [-0.15, -0.1) is 13.2 Å². The van der Waals surface area contributed by atoms with Crippen LogP contribution in [-0.2, 0) is 11.4 Å². The van der Waals surface area contributed by atoms with Crippen molar-refractivity contribution < 1.29 is 22.7 Å². The Bertz CT molecular complexity index is 625. The summed E-state index contributed by atoms with van der Waals surface area (Å²) in [5.74, 6) is -0.285. The number of ether oxygens (including phenoxy) is 1. The number of benzene rings is 2. The Kier molecular flexibility index (Phi) is 5.27. The molecule has 0 saturated heterocycles. The summed E-state index contributed by atoms with van der Waals surface area (Å²) in [6.45, 7) is 0.104. The van der Waals surface area contributed by atoms with Gasteiger partial charge in [-0.1, -0.05) is 41.0 Å². The van der Waals surface area contributed by atoms with Crippen molar-refractivity contribution in [2.75, 3.05) is 0 Å². The van der Waals surface area contributed by atoms with Crippen LogP contribution in [-0.4, -0.2) is 12.6 Å². The Morgan fingerprint density at radius 1 is 1.00 bits per heavy atom. The minimum Gasteiger partial charge on any atom is -0.406 e. The number of alkyl halides is 3. The molecule has 0 spiro atoms. The van der Waals surface area contributed by atoms with Crippen molar-refractivity contribution in [3.63, 3.8) is 0 Å². The highest BCUT2D eigenvalue weighted by molar-refractivity contribution is 6.30. The smallest absolute Gasteiger partial charge is 0.406 e. The van der Waals surface area contributed by atoms with Crippen LogP contribution in [0.2, 0.25) is 5.02 Å². The molecule has 0 aromatic heterocycles. The van der Waals surface area contributed by atoms with Crippen LogP contribution < -0.4 is 4.74 Å². The van der Waals surface area contributed by atoms with Gasteiger partial charge in [0.1, 0.15) is 18.6 Å². The first-order chi connectivity index (χ1) is 10.4. The van der Waals surface area contributed by atoms with Gasteiger partial charge in [-0.25, -0.2) is 0 Å². The highest BCUT2D eigenvalue weighted by atomic mass is 35.5. The van der Waals surface area contributed by atoms with Crippen LogP contribution in [0, 0.1) is 0 Å². The Hall–Kier alpha value is -2.21. The first-order valence-electron chi connectivity index (χ1n) is 6.11. The van der Waals surface area contributed by atoms with E-state index in [1.165, 1.54) is 24.3 Å². The lowest BCUT2D eigenvalue weighted by Crippen LogP contribution is -2.17. The fourth-order valence-corrected chi connectivity index (χ4v) is 1.63. The van der Waals surface area contributed by atoms with E-state index in [0.29, 0.717) is 16.1 Å². The maximum absolute atomic E-state index is 12.0. The van der Waals surface area contributed by atoms with Crippen molar-refractivity contribution in [3.8, 4) is 5.75 Å². The summed E-state index contributed by atoms with van der Waals surface area (Å²) >= 11 is 5.74. The van der Waals surface area contributed by atoms with Crippen LogP contribution in [0.15, 0.2) is 53.7 Å². The molecule has 0 unspecified atom stereocenters. The van der Waals surface area contributed by atoms with Crippen LogP contribution in [0.25, 0.3) is 0 Å². The number of hydrogen-bond donors (Lipinski definition) is 0. The molecule has 0 atom stereocenters. The molecule has 0 aliphatic carbocycles. The van der Waals surface area contributed by atoms with Crippen molar-refractivity contribution in [2.45, 2.75) is 13.0 Å². The summed E-state index contributed by atoms with van der Waals surface area (Å²) < 4.78 is 39.8. The van der Waals surface area contributed by atoms with Gasteiger partial charge in [0.05, 0.1) is 0 Å². The van der Waals surface area contributed by atoms with Crippen LogP contribution in [0.5, 0.6) is 5.75 Å². The molecule has 0 aliphatic heterocycles. The third-order valence-electron chi connectivity index (χ3n) is 2.47. The standard InChI is InChI=1S/C15H10ClF3NO2/c16-13-5-1-11(2-6-13)9-20-21-10-12-3-7-14(8-4-12)22-15(17,18)19/h1-8H,10H2. The highest BCUT2D eigenvalue weighted by Gasteiger charge is 2.30. The van der Waals surface area contributed by atoms with Gasteiger partial charge in [0.2, 0.25) is 0 Å². The molecule has 0 bridgehead atoms. The molecule has 0 heterocycles. The maximum Gasteiger partial charge on any atom is 0.573 e. The average molecular weight is 329 g/mol. The Labute approximate surface area is 129 Å².